The predicted octanol–water partition coefficient (Wildman–Crippen LogP) is 3.59. The Kier molecular flexibility index (Phi) is 4.13. The van der Waals surface area contributed by atoms with Crippen LogP contribution in [0.5, 0.6) is 0 Å². The van der Waals surface area contributed by atoms with Crippen LogP contribution >= 0.6 is 0 Å². The van der Waals surface area contributed by atoms with Gasteiger partial charge >= 0.3 is 7.12 Å². The predicted molar refractivity (Wildman–Crippen MR) is 102 cm³/mol. The van der Waals surface area contributed by atoms with Crippen LogP contribution in [0.15, 0.2) is 24.5 Å². The molecular formula is C20H26BN3O2. The lowest BCUT2D eigenvalue weighted by atomic mass is 9.79. The van der Waals surface area contributed by atoms with Gasteiger partial charge in [-0.1, -0.05) is 6.07 Å². The second kappa shape index (κ2) is 6.11. The average Bonchev–Trinajstić information content (AvgIpc) is 3.12. The molecule has 5 nitrogen and oxygen atoms in total. The van der Waals surface area contributed by atoms with Gasteiger partial charge in [0.2, 0.25) is 0 Å². The Morgan fingerprint density at radius 3 is 2.38 bits per heavy atom. The molecule has 0 unspecified atom stereocenters. The molecule has 2 aromatic rings. The molecular weight excluding hydrogens is 325 g/mol. The van der Waals surface area contributed by atoms with Crippen LogP contribution in [0.2, 0.25) is 0 Å². The molecule has 0 amide bonds. The highest BCUT2D eigenvalue weighted by Gasteiger charge is 2.51. The monoisotopic (exact) mass is 351 g/mol. The van der Waals surface area contributed by atoms with Gasteiger partial charge in [0.15, 0.2) is 0 Å². The van der Waals surface area contributed by atoms with Crippen molar-refractivity contribution in [1.29, 1.82) is 5.26 Å². The van der Waals surface area contributed by atoms with E-state index in [0.29, 0.717) is 6.04 Å². The highest BCUT2D eigenvalue weighted by atomic mass is 16.7. The minimum Gasteiger partial charge on any atom is -0.399 e. The molecule has 4 rings (SSSR count). The van der Waals surface area contributed by atoms with Crippen LogP contribution in [0.3, 0.4) is 0 Å². The van der Waals surface area contributed by atoms with E-state index in [4.69, 9.17) is 14.6 Å². The molecule has 0 bridgehead atoms. The minimum absolute atomic E-state index is 0.210. The molecule has 1 aromatic heterocycles. The van der Waals surface area contributed by atoms with Crippen molar-refractivity contribution in [1.82, 2.24) is 9.55 Å². The number of hydrogen-bond donors (Lipinski definition) is 0. The number of benzene rings is 1. The Bertz CT molecular complexity index is 844. The van der Waals surface area contributed by atoms with Gasteiger partial charge in [-0.05, 0) is 71.0 Å². The van der Waals surface area contributed by atoms with Crippen LogP contribution in [0.1, 0.15) is 59.4 Å². The molecule has 26 heavy (non-hydrogen) atoms. The van der Waals surface area contributed by atoms with Crippen LogP contribution in [0, 0.1) is 17.2 Å². The van der Waals surface area contributed by atoms with Crippen molar-refractivity contribution in [3.05, 3.63) is 24.5 Å². The summed E-state index contributed by atoms with van der Waals surface area (Å²) in [7, 11) is -0.359. The summed E-state index contributed by atoms with van der Waals surface area (Å²) in [4.78, 5) is 4.57. The molecule has 2 heterocycles. The maximum absolute atomic E-state index is 9.12. The number of aromatic nitrogens is 2. The van der Waals surface area contributed by atoms with E-state index in [0.717, 1.165) is 42.2 Å². The number of nitrogens with zero attached hydrogens (tertiary/aromatic N) is 3. The first-order chi connectivity index (χ1) is 12.3. The van der Waals surface area contributed by atoms with E-state index in [1.165, 1.54) is 0 Å². The van der Waals surface area contributed by atoms with Gasteiger partial charge < -0.3 is 13.9 Å². The summed E-state index contributed by atoms with van der Waals surface area (Å²) < 4.78 is 14.7. The van der Waals surface area contributed by atoms with E-state index in [-0.39, 0.29) is 24.2 Å². The lowest BCUT2D eigenvalue weighted by molar-refractivity contribution is 0.00578. The molecule has 1 saturated heterocycles. The van der Waals surface area contributed by atoms with E-state index >= 15 is 0 Å². The maximum atomic E-state index is 9.12. The second-order valence-corrected chi connectivity index (χ2v) is 8.62. The molecule has 1 saturated carbocycles. The van der Waals surface area contributed by atoms with Crippen LogP contribution < -0.4 is 5.46 Å². The van der Waals surface area contributed by atoms with Gasteiger partial charge in [-0.25, -0.2) is 4.98 Å². The summed E-state index contributed by atoms with van der Waals surface area (Å²) in [6, 6.07) is 9.08. The zero-order valence-corrected chi connectivity index (χ0v) is 16.0. The van der Waals surface area contributed by atoms with Crippen LogP contribution in [0.4, 0.5) is 0 Å². The first-order valence-electron chi connectivity index (χ1n) is 9.52. The molecule has 0 atom stereocenters. The summed E-state index contributed by atoms with van der Waals surface area (Å²) in [6.45, 7) is 8.29. The summed E-state index contributed by atoms with van der Waals surface area (Å²) in [6.07, 6.45) is 5.94. The molecule has 6 heteroatoms. The van der Waals surface area contributed by atoms with Crippen molar-refractivity contribution in [3.63, 3.8) is 0 Å². The fourth-order valence-corrected chi connectivity index (χ4v) is 3.94. The lowest BCUT2D eigenvalue weighted by Crippen LogP contribution is -2.41. The van der Waals surface area contributed by atoms with Crippen LogP contribution in [0.25, 0.3) is 11.0 Å². The lowest BCUT2D eigenvalue weighted by Gasteiger charge is -2.32. The number of imidazole rings is 1. The van der Waals surface area contributed by atoms with Gasteiger partial charge in [0.25, 0.3) is 0 Å². The second-order valence-electron chi connectivity index (χ2n) is 8.62. The molecule has 2 fully saturated rings. The summed E-state index contributed by atoms with van der Waals surface area (Å²) in [5, 5.41) is 9.12. The zero-order valence-electron chi connectivity index (χ0n) is 16.0. The highest BCUT2D eigenvalue weighted by Crippen LogP contribution is 2.37. The minimum atomic E-state index is -0.359. The van der Waals surface area contributed by atoms with Gasteiger partial charge in [0.1, 0.15) is 0 Å². The number of nitriles is 1. The van der Waals surface area contributed by atoms with E-state index in [9.17, 15) is 0 Å². The van der Waals surface area contributed by atoms with Crippen molar-refractivity contribution < 1.29 is 9.31 Å². The molecule has 0 N–H and O–H groups in total. The normalized spacial score (nSPS) is 27.6. The van der Waals surface area contributed by atoms with Crippen molar-refractivity contribution in [2.45, 2.75) is 70.6 Å². The number of fused-ring (bicyclic) bond motifs is 1. The molecule has 0 radical (unpaired) electrons. The van der Waals surface area contributed by atoms with E-state index < -0.39 is 0 Å². The SMILES string of the molecule is CC1(C)OB(c2ccc3ncn(C4CCC(C#N)CC4)c3c2)OC1(C)C. The Morgan fingerprint density at radius 2 is 1.77 bits per heavy atom. The smallest absolute Gasteiger partial charge is 0.399 e. The fourth-order valence-electron chi connectivity index (χ4n) is 3.94. The molecule has 2 aliphatic rings. The Hall–Kier alpha value is -1.84. The highest BCUT2D eigenvalue weighted by molar-refractivity contribution is 6.62. The molecule has 0 spiro atoms. The number of hydrogen-bond acceptors (Lipinski definition) is 4. The molecule has 1 aliphatic carbocycles. The van der Waals surface area contributed by atoms with Gasteiger partial charge in [-0.2, -0.15) is 5.26 Å². The maximum Gasteiger partial charge on any atom is 0.494 e. The summed E-state index contributed by atoms with van der Waals surface area (Å²) in [5.41, 5.74) is 2.46. The third kappa shape index (κ3) is 2.84. The molecule has 1 aromatic carbocycles. The molecule has 1 aliphatic heterocycles. The van der Waals surface area contributed by atoms with E-state index in [2.05, 4.69) is 55.4 Å². The Balaban J connectivity index is 1.63. The van der Waals surface area contributed by atoms with Gasteiger partial charge in [0, 0.05) is 12.0 Å². The molecule has 136 valence electrons. The first-order valence-corrected chi connectivity index (χ1v) is 9.52. The van der Waals surface area contributed by atoms with Crippen molar-refractivity contribution in [2.75, 3.05) is 0 Å². The standard InChI is InChI=1S/C20H26BN3O2/c1-19(2)20(3,4)26-21(25-19)15-7-10-17-18(11-15)24(13-23-17)16-8-5-14(12-22)6-9-16/h7,10-11,13-14,16H,5-6,8-9H2,1-4H3. The third-order valence-corrected chi connectivity index (χ3v) is 6.40. The van der Waals surface area contributed by atoms with Crippen LogP contribution in [-0.4, -0.2) is 27.9 Å². The Labute approximate surface area is 155 Å². The van der Waals surface area contributed by atoms with Crippen molar-refractivity contribution >= 4 is 23.6 Å². The summed E-state index contributed by atoms with van der Waals surface area (Å²) >= 11 is 0. The van der Waals surface area contributed by atoms with Gasteiger partial charge in [-0.15, -0.1) is 0 Å². The summed E-state index contributed by atoms with van der Waals surface area (Å²) in [5.74, 6) is 0.210. The fraction of sp³-hybridized carbons (Fsp3) is 0.600. The van der Waals surface area contributed by atoms with Gasteiger partial charge in [0.05, 0.1) is 34.6 Å². The topological polar surface area (TPSA) is 60.1 Å². The zero-order chi connectivity index (χ0) is 18.5. The third-order valence-electron chi connectivity index (χ3n) is 6.40. The van der Waals surface area contributed by atoms with Gasteiger partial charge in [-0.3, -0.25) is 0 Å². The average molecular weight is 351 g/mol. The van der Waals surface area contributed by atoms with Crippen molar-refractivity contribution in [2.24, 2.45) is 5.92 Å². The first kappa shape index (κ1) is 17.6. The van der Waals surface area contributed by atoms with E-state index in [1.54, 1.807) is 0 Å². The number of rotatable bonds is 2. The van der Waals surface area contributed by atoms with Crippen LogP contribution in [-0.2, 0) is 9.31 Å². The largest absolute Gasteiger partial charge is 0.494 e. The van der Waals surface area contributed by atoms with E-state index in [1.807, 2.05) is 12.4 Å². The van der Waals surface area contributed by atoms with Crippen molar-refractivity contribution in [3.8, 4) is 6.07 Å². The quantitative estimate of drug-likeness (QED) is 0.776. The Morgan fingerprint density at radius 1 is 1.12 bits per heavy atom.